The zero-order valence-electron chi connectivity index (χ0n) is 57.7. The summed E-state index contributed by atoms with van der Waals surface area (Å²) in [7, 11) is 0. The average molecular weight is 1210 g/mol. The number of ether oxygens (including phenoxy) is 5. The lowest BCUT2D eigenvalue weighted by molar-refractivity contribution is -0.169. The molecule has 0 aromatic heterocycles. The van der Waals surface area contributed by atoms with E-state index in [-0.39, 0.29) is 114 Å². The van der Waals surface area contributed by atoms with Gasteiger partial charge in [0.05, 0.1) is 6.61 Å². The summed E-state index contributed by atoms with van der Waals surface area (Å²) >= 11 is 0. The van der Waals surface area contributed by atoms with Crippen LogP contribution in [-0.2, 0) is 112 Å². The topological polar surface area (TPSA) is 195 Å². The Kier molecular flexibility index (Phi) is 23.8. The minimum atomic E-state index is -1.15. The molecule has 4 N–H and O–H groups in total. The number of rotatable bonds is 22. The van der Waals surface area contributed by atoms with Crippen LogP contribution >= 0.6 is 0 Å². The van der Waals surface area contributed by atoms with Gasteiger partial charge in [0.25, 0.3) is 0 Å². The van der Waals surface area contributed by atoms with E-state index in [4.69, 9.17) is 23.7 Å². The molecule has 0 bridgehead atoms. The number of aromatic hydroxyl groups is 4. The molecule has 1 unspecified atom stereocenters. The van der Waals surface area contributed by atoms with Crippen molar-refractivity contribution in [2.24, 2.45) is 0 Å². The molecule has 13 nitrogen and oxygen atoms in total. The van der Waals surface area contributed by atoms with Gasteiger partial charge < -0.3 is 44.1 Å². The number of carbonyl (C=O) groups excluding carboxylic acids is 4. The molecule has 4 aromatic rings. The van der Waals surface area contributed by atoms with Gasteiger partial charge in [-0.2, -0.15) is 0 Å². The number of carbonyl (C=O) groups is 4. The average Bonchev–Trinajstić information content (AvgIpc) is 0.909. The Morgan fingerprint density at radius 1 is 0.299 bits per heavy atom. The third-order valence-electron chi connectivity index (χ3n) is 15.7. The van der Waals surface area contributed by atoms with Gasteiger partial charge in [-0.15, -0.1) is 0 Å². The molecule has 484 valence electrons. The Morgan fingerprint density at radius 3 is 0.678 bits per heavy atom. The van der Waals surface area contributed by atoms with Gasteiger partial charge in [0.2, 0.25) is 0 Å². The summed E-state index contributed by atoms with van der Waals surface area (Å²) in [5.41, 5.74) is 6.55. The van der Waals surface area contributed by atoms with Crippen molar-refractivity contribution >= 4 is 23.9 Å². The van der Waals surface area contributed by atoms with Crippen LogP contribution in [0.2, 0.25) is 0 Å². The Balaban J connectivity index is 1.65. The van der Waals surface area contributed by atoms with Crippen molar-refractivity contribution in [3.05, 3.63) is 115 Å². The van der Waals surface area contributed by atoms with E-state index in [1.54, 1.807) is 0 Å². The van der Waals surface area contributed by atoms with Gasteiger partial charge in [-0.1, -0.05) is 215 Å². The Morgan fingerprint density at radius 2 is 0.483 bits per heavy atom. The van der Waals surface area contributed by atoms with Crippen molar-refractivity contribution in [3.8, 4) is 23.0 Å². The zero-order valence-corrected chi connectivity index (χ0v) is 57.7. The van der Waals surface area contributed by atoms with E-state index >= 15 is 0 Å². The molecule has 0 radical (unpaired) electrons. The molecule has 4 aromatic carbocycles. The van der Waals surface area contributed by atoms with Crippen LogP contribution in [0.15, 0.2) is 48.5 Å². The van der Waals surface area contributed by atoms with Crippen LogP contribution in [-0.4, -0.2) is 82.9 Å². The molecule has 87 heavy (non-hydrogen) atoms. The van der Waals surface area contributed by atoms with Crippen molar-refractivity contribution in [3.63, 3.8) is 0 Å². The molecule has 0 saturated carbocycles. The van der Waals surface area contributed by atoms with Crippen molar-refractivity contribution in [1.82, 2.24) is 0 Å². The van der Waals surface area contributed by atoms with Crippen molar-refractivity contribution < 1.29 is 63.3 Å². The zero-order chi connectivity index (χ0) is 66.4. The van der Waals surface area contributed by atoms with E-state index in [1.165, 1.54) is 0 Å². The normalized spacial score (nSPS) is 13.4. The lowest BCUT2D eigenvalue weighted by atomic mass is 9.78. The van der Waals surface area contributed by atoms with Crippen molar-refractivity contribution in [1.29, 1.82) is 0 Å². The van der Waals surface area contributed by atoms with Crippen molar-refractivity contribution in [2.45, 2.75) is 273 Å². The highest BCUT2D eigenvalue weighted by Gasteiger charge is 2.32. The molecule has 0 aliphatic rings. The van der Waals surface area contributed by atoms with Gasteiger partial charge in [-0.3, -0.25) is 19.2 Å². The fourth-order valence-electron chi connectivity index (χ4n) is 10.4. The second-order valence-corrected chi connectivity index (χ2v) is 32.3. The molecule has 13 heteroatoms. The second kappa shape index (κ2) is 28.2. The van der Waals surface area contributed by atoms with Crippen LogP contribution in [0, 0.1) is 0 Å². The SMILES string of the molecule is CC(C)(C)c1cc(CCC(=O)OCC(COC(=O)CCc2cc(C(C)(C)C)c(O)c(C(C)(C)C)c2)OCC(COC(=O)CCc2cc(C(C)(C)C)c(O)c(C(C)(C)C)c2)OC(=O)CCc2cc(C(C)(C)C)c(O)c(C(C)(C)C)c2)cc(C(C)(C)C)c1O. The Labute approximate surface area is 522 Å². The van der Waals surface area contributed by atoms with Gasteiger partial charge >= 0.3 is 23.9 Å². The molecule has 1 atom stereocenters. The second-order valence-electron chi connectivity index (χ2n) is 32.3. The molecule has 0 spiro atoms. The van der Waals surface area contributed by atoms with Crippen LogP contribution < -0.4 is 0 Å². The van der Waals surface area contributed by atoms with Crippen LogP contribution in [0.25, 0.3) is 0 Å². The summed E-state index contributed by atoms with van der Waals surface area (Å²) in [6, 6.07) is 15.4. The lowest BCUT2D eigenvalue weighted by Crippen LogP contribution is -2.35. The lowest BCUT2D eigenvalue weighted by Gasteiger charge is -2.28. The molecule has 0 fully saturated rings. The standard InChI is InChI=1S/C74H110O13/c1-67(2,3)51-33-45(34-52(63(51)79)68(4,5)6)25-29-59(75)84-41-49(42-85-60(76)30-26-46-35-53(69(7,8)9)64(80)54(36-46)70(10,11)12)83-43-50(87-62(78)32-28-48-39-57(73(19,20)21)66(82)58(40-48)74(22,23)24)44-86-61(77)31-27-47-37-55(71(13,14)15)65(81)56(38-47)72(16,17)18/h33-40,49-50,79-82H,25-32,41-44H2,1-24H3. The maximum absolute atomic E-state index is 14.0. The van der Waals surface area contributed by atoms with E-state index in [1.807, 2.05) is 215 Å². The number of benzene rings is 4. The predicted molar refractivity (Wildman–Crippen MR) is 348 cm³/mol. The Bertz CT molecular complexity index is 2810. The first-order valence-corrected chi connectivity index (χ1v) is 31.2. The summed E-state index contributed by atoms with van der Waals surface area (Å²) in [6.45, 7) is 47.3. The first-order chi connectivity index (χ1) is 39.5. The van der Waals surface area contributed by atoms with E-state index in [9.17, 15) is 39.6 Å². The number of aryl methyl sites for hydroxylation is 4. The number of phenols is 4. The first-order valence-electron chi connectivity index (χ1n) is 31.2. The van der Waals surface area contributed by atoms with E-state index in [0.717, 1.165) is 66.8 Å². The number of hydrogen-bond donors (Lipinski definition) is 4. The van der Waals surface area contributed by atoms with Crippen LogP contribution in [0.3, 0.4) is 0 Å². The van der Waals surface area contributed by atoms with Gasteiger partial charge in [-0.25, -0.2) is 0 Å². The van der Waals surface area contributed by atoms with E-state index < -0.39 is 46.9 Å². The minimum Gasteiger partial charge on any atom is -0.507 e. The highest BCUT2D eigenvalue weighted by molar-refractivity contribution is 5.72. The summed E-state index contributed by atoms with van der Waals surface area (Å²) < 4.78 is 30.1. The fourth-order valence-corrected chi connectivity index (χ4v) is 10.4. The van der Waals surface area contributed by atoms with E-state index in [2.05, 4.69) is 0 Å². The smallest absolute Gasteiger partial charge is 0.306 e. The van der Waals surface area contributed by atoms with Gasteiger partial charge in [-0.05, 0) is 136 Å². The van der Waals surface area contributed by atoms with Gasteiger partial charge in [0.15, 0.2) is 6.10 Å². The molecule has 0 amide bonds. The fraction of sp³-hybridized carbons (Fsp3) is 0.622. The molecule has 0 heterocycles. The molecular formula is C74H110O13. The first kappa shape index (κ1) is 73.4. The molecule has 0 aliphatic carbocycles. The molecule has 4 rings (SSSR count). The number of hydrogen-bond acceptors (Lipinski definition) is 13. The summed E-state index contributed by atoms with van der Waals surface area (Å²) in [5, 5.41) is 45.4. The maximum atomic E-state index is 14.0. The van der Waals surface area contributed by atoms with E-state index in [0.29, 0.717) is 19.3 Å². The molecular weight excluding hydrogens is 1100 g/mol. The monoisotopic (exact) mass is 1210 g/mol. The highest BCUT2D eigenvalue weighted by Crippen LogP contribution is 2.44. The van der Waals surface area contributed by atoms with Crippen molar-refractivity contribution in [2.75, 3.05) is 26.4 Å². The third kappa shape index (κ3) is 21.6. The van der Waals surface area contributed by atoms with Gasteiger partial charge in [0.1, 0.15) is 48.9 Å². The molecule has 0 aliphatic heterocycles. The van der Waals surface area contributed by atoms with Crippen LogP contribution in [0.5, 0.6) is 23.0 Å². The van der Waals surface area contributed by atoms with Gasteiger partial charge in [0, 0.05) is 25.7 Å². The minimum absolute atomic E-state index is 0.00488. The number of esters is 4. The van der Waals surface area contributed by atoms with Crippen LogP contribution in [0.1, 0.15) is 259 Å². The largest absolute Gasteiger partial charge is 0.507 e. The van der Waals surface area contributed by atoms with Crippen LogP contribution in [0.4, 0.5) is 0 Å². The summed E-state index contributed by atoms with van der Waals surface area (Å²) in [6.07, 6.45) is -1.04. The maximum Gasteiger partial charge on any atom is 0.306 e. The predicted octanol–water partition coefficient (Wildman–Crippen LogP) is 15.6. The highest BCUT2D eigenvalue weighted by atomic mass is 16.6. The third-order valence-corrected chi connectivity index (χ3v) is 15.7. The summed E-state index contributed by atoms with van der Waals surface area (Å²) in [5.74, 6) is -1.29. The number of phenolic OH excluding ortho intramolecular Hbond substituents is 4. The summed E-state index contributed by atoms with van der Waals surface area (Å²) in [4.78, 5) is 55.1. The quantitative estimate of drug-likeness (QED) is 0.0429. The Hall–Kier alpha value is -6.08. The molecule has 0 saturated heterocycles.